The Balaban J connectivity index is 1.41. The van der Waals surface area contributed by atoms with E-state index in [2.05, 4.69) is 15.5 Å². The number of hydrogen-bond acceptors (Lipinski definition) is 5. The Kier molecular flexibility index (Phi) is 6.68. The molecule has 0 saturated carbocycles. The van der Waals surface area contributed by atoms with E-state index in [1.165, 1.54) is 0 Å². The van der Waals surface area contributed by atoms with Crippen LogP contribution in [0.2, 0.25) is 0 Å². The molecule has 3 rings (SSSR count). The molecule has 7 heteroatoms. The van der Waals surface area contributed by atoms with Gasteiger partial charge >= 0.3 is 6.03 Å². The van der Waals surface area contributed by atoms with E-state index in [4.69, 9.17) is 9.26 Å². The number of nitrogens with zero attached hydrogens (tertiary/aromatic N) is 3. The molecule has 0 bridgehead atoms. The van der Waals surface area contributed by atoms with E-state index in [9.17, 15) is 4.79 Å². The van der Waals surface area contributed by atoms with Gasteiger partial charge in [-0.1, -0.05) is 30.3 Å². The molecule has 1 aromatic heterocycles. The SMILES string of the molecule is CCc1nc(CCNC(=O)N2CCC[C@H](COc3ccccc3C)C2)no1. The summed E-state index contributed by atoms with van der Waals surface area (Å²) in [6, 6.07) is 7.99. The zero-order valence-electron chi connectivity index (χ0n) is 16.1. The number of aromatic nitrogens is 2. The van der Waals surface area contributed by atoms with Crippen LogP contribution in [0, 0.1) is 12.8 Å². The maximum atomic E-state index is 12.4. The number of piperidine rings is 1. The molecule has 146 valence electrons. The van der Waals surface area contributed by atoms with Crippen molar-refractivity contribution in [3.63, 3.8) is 0 Å². The van der Waals surface area contributed by atoms with Crippen molar-refractivity contribution in [2.75, 3.05) is 26.2 Å². The van der Waals surface area contributed by atoms with Gasteiger partial charge in [0.15, 0.2) is 5.82 Å². The van der Waals surface area contributed by atoms with Crippen LogP contribution < -0.4 is 10.1 Å². The van der Waals surface area contributed by atoms with Gasteiger partial charge in [-0.25, -0.2) is 4.79 Å². The largest absolute Gasteiger partial charge is 0.493 e. The molecule has 1 aliphatic heterocycles. The molecule has 1 fully saturated rings. The van der Waals surface area contributed by atoms with Gasteiger partial charge in [-0.15, -0.1) is 0 Å². The first-order valence-electron chi connectivity index (χ1n) is 9.68. The number of likely N-dealkylation sites (tertiary alicyclic amines) is 1. The fourth-order valence-electron chi connectivity index (χ4n) is 3.24. The fourth-order valence-corrected chi connectivity index (χ4v) is 3.24. The van der Waals surface area contributed by atoms with Crippen LogP contribution in [0.1, 0.15) is 37.0 Å². The summed E-state index contributed by atoms with van der Waals surface area (Å²) in [6.07, 6.45) is 3.38. The number of urea groups is 1. The number of ether oxygens (including phenoxy) is 1. The highest BCUT2D eigenvalue weighted by Gasteiger charge is 2.24. The minimum Gasteiger partial charge on any atom is -0.493 e. The second-order valence-electron chi connectivity index (χ2n) is 6.97. The molecule has 1 aromatic carbocycles. The number of rotatable bonds is 7. The maximum absolute atomic E-state index is 12.4. The first-order valence-corrected chi connectivity index (χ1v) is 9.68. The van der Waals surface area contributed by atoms with Crippen LogP contribution in [0.4, 0.5) is 4.79 Å². The molecule has 2 amide bonds. The van der Waals surface area contributed by atoms with Gasteiger partial charge in [0.2, 0.25) is 5.89 Å². The van der Waals surface area contributed by atoms with Crippen molar-refractivity contribution in [2.24, 2.45) is 5.92 Å². The molecule has 0 aliphatic carbocycles. The molecule has 0 radical (unpaired) electrons. The highest BCUT2D eigenvalue weighted by molar-refractivity contribution is 5.74. The van der Waals surface area contributed by atoms with Crippen molar-refractivity contribution in [1.29, 1.82) is 0 Å². The van der Waals surface area contributed by atoms with Gasteiger partial charge in [0.1, 0.15) is 5.75 Å². The minimum atomic E-state index is -0.0326. The van der Waals surface area contributed by atoms with Crippen LogP contribution in [-0.2, 0) is 12.8 Å². The molecule has 1 aliphatic rings. The lowest BCUT2D eigenvalue weighted by Crippen LogP contribution is -2.47. The van der Waals surface area contributed by atoms with Crippen molar-refractivity contribution in [3.05, 3.63) is 41.5 Å². The van der Waals surface area contributed by atoms with E-state index in [1.54, 1.807) is 0 Å². The van der Waals surface area contributed by atoms with Crippen LogP contribution in [0.25, 0.3) is 0 Å². The molecule has 2 aromatic rings. The number of nitrogens with one attached hydrogen (secondary N) is 1. The first-order chi connectivity index (χ1) is 13.2. The van der Waals surface area contributed by atoms with Gasteiger partial charge < -0.3 is 19.5 Å². The fraction of sp³-hybridized carbons (Fsp3) is 0.550. The zero-order chi connectivity index (χ0) is 19.1. The number of para-hydroxylation sites is 1. The molecule has 1 N–H and O–H groups in total. The minimum absolute atomic E-state index is 0.0326. The summed E-state index contributed by atoms with van der Waals surface area (Å²) in [5.41, 5.74) is 1.13. The smallest absolute Gasteiger partial charge is 0.317 e. The normalized spacial score (nSPS) is 17.0. The Hall–Kier alpha value is -2.57. The average Bonchev–Trinajstić information content (AvgIpc) is 3.15. The molecule has 0 unspecified atom stereocenters. The van der Waals surface area contributed by atoms with Gasteiger partial charge in [0.25, 0.3) is 0 Å². The van der Waals surface area contributed by atoms with Crippen molar-refractivity contribution in [1.82, 2.24) is 20.4 Å². The van der Waals surface area contributed by atoms with E-state index >= 15 is 0 Å². The molecule has 0 spiro atoms. The van der Waals surface area contributed by atoms with Gasteiger partial charge in [-0.05, 0) is 31.4 Å². The Bertz CT molecular complexity index is 746. The monoisotopic (exact) mass is 372 g/mol. The lowest BCUT2D eigenvalue weighted by atomic mass is 9.99. The number of hydrogen-bond donors (Lipinski definition) is 1. The Morgan fingerprint density at radius 3 is 3.04 bits per heavy atom. The molecular weight excluding hydrogens is 344 g/mol. The summed E-state index contributed by atoms with van der Waals surface area (Å²) in [4.78, 5) is 18.6. The third kappa shape index (κ3) is 5.45. The van der Waals surface area contributed by atoms with Crippen molar-refractivity contribution in [2.45, 2.75) is 39.5 Å². The second-order valence-corrected chi connectivity index (χ2v) is 6.97. The lowest BCUT2D eigenvalue weighted by molar-refractivity contribution is 0.137. The highest BCUT2D eigenvalue weighted by Crippen LogP contribution is 2.21. The number of aryl methyl sites for hydroxylation is 2. The van der Waals surface area contributed by atoms with Gasteiger partial charge in [0.05, 0.1) is 6.61 Å². The second kappa shape index (κ2) is 9.39. The summed E-state index contributed by atoms with van der Waals surface area (Å²) in [5.74, 6) is 2.54. The number of carbonyl (C=O) groups is 1. The highest BCUT2D eigenvalue weighted by atomic mass is 16.5. The molecular formula is C20H28N4O3. The number of benzene rings is 1. The number of amides is 2. The van der Waals surface area contributed by atoms with Crippen LogP contribution in [0.5, 0.6) is 5.75 Å². The van der Waals surface area contributed by atoms with E-state index < -0.39 is 0 Å². The summed E-state index contributed by atoms with van der Waals surface area (Å²) in [7, 11) is 0. The van der Waals surface area contributed by atoms with Crippen LogP contribution >= 0.6 is 0 Å². The van der Waals surface area contributed by atoms with Crippen molar-refractivity contribution >= 4 is 6.03 Å². The Morgan fingerprint density at radius 2 is 2.26 bits per heavy atom. The maximum Gasteiger partial charge on any atom is 0.317 e. The van der Waals surface area contributed by atoms with Gasteiger partial charge in [0, 0.05) is 38.4 Å². The summed E-state index contributed by atoms with van der Waals surface area (Å²) in [5, 5.41) is 6.86. The third-order valence-electron chi connectivity index (χ3n) is 4.81. The Labute approximate surface area is 160 Å². The van der Waals surface area contributed by atoms with E-state index in [1.807, 2.05) is 43.0 Å². The topological polar surface area (TPSA) is 80.5 Å². The van der Waals surface area contributed by atoms with Gasteiger partial charge in [-0.2, -0.15) is 4.98 Å². The van der Waals surface area contributed by atoms with Crippen molar-refractivity contribution in [3.8, 4) is 5.75 Å². The zero-order valence-corrected chi connectivity index (χ0v) is 16.1. The summed E-state index contributed by atoms with van der Waals surface area (Å²) in [6.45, 7) is 6.66. The van der Waals surface area contributed by atoms with Crippen LogP contribution in [-0.4, -0.2) is 47.3 Å². The lowest BCUT2D eigenvalue weighted by Gasteiger charge is -2.32. The molecule has 27 heavy (non-hydrogen) atoms. The molecule has 2 heterocycles. The van der Waals surface area contributed by atoms with Crippen molar-refractivity contribution < 1.29 is 14.1 Å². The summed E-state index contributed by atoms with van der Waals surface area (Å²) >= 11 is 0. The number of carbonyl (C=O) groups excluding carboxylic acids is 1. The molecule has 7 nitrogen and oxygen atoms in total. The molecule has 1 atom stereocenters. The van der Waals surface area contributed by atoms with E-state index in [-0.39, 0.29) is 6.03 Å². The van der Waals surface area contributed by atoms with Crippen LogP contribution in [0.15, 0.2) is 28.8 Å². The predicted octanol–water partition coefficient (Wildman–Crippen LogP) is 2.98. The van der Waals surface area contributed by atoms with Gasteiger partial charge in [-0.3, -0.25) is 0 Å². The predicted molar refractivity (Wildman–Crippen MR) is 102 cm³/mol. The van der Waals surface area contributed by atoms with E-state index in [0.717, 1.165) is 43.7 Å². The first kappa shape index (κ1) is 19.2. The standard InChI is InChI=1S/C20H28N4O3/c1-3-19-22-18(23-27-19)10-11-21-20(25)24-12-6-8-16(13-24)14-26-17-9-5-4-7-15(17)2/h4-5,7,9,16H,3,6,8,10-14H2,1-2H3,(H,21,25)/t16-/m0/s1. The van der Waals surface area contributed by atoms with Crippen LogP contribution in [0.3, 0.4) is 0 Å². The Morgan fingerprint density at radius 1 is 1.41 bits per heavy atom. The molecule has 1 saturated heterocycles. The quantitative estimate of drug-likeness (QED) is 0.808. The third-order valence-corrected chi connectivity index (χ3v) is 4.81. The summed E-state index contributed by atoms with van der Waals surface area (Å²) < 4.78 is 11.0. The van der Waals surface area contributed by atoms with E-state index in [0.29, 0.717) is 37.2 Å². The average molecular weight is 372 g/mol.